The molecule has 0 saturated carbocycles. The van der Waals surface area contributed by atoms with Crippen LogP contribution in [0.3, 0.4) is 0 Å². The van der Waals surface area contributed by atoms with Crippen molar-refractivity contribution in [1.82, 2.24) is 15.1 Å². The predicted octanol–water partition coefficient (Wildman–Crippen LogP) is 3.61. The molecule has 0 radical (unpaired) electrons. The van der Waals surface area contributed by atoms with Crippen molar-refractivity contribution in [2.24, 2.45) is 0 Å². The fraction of sp³-hybridized carbons (Fsp3) is 0.130. The zero-order valence-corrected chi connectivity index (χ0v) is 15.7. The van der Waals surface area contributed by atoms with Gasteiger partial charge in [0, 0.05) is 23.7 Å². The highest BCUT2D eigenvalue weighted by Gasteiger charge is 2.11. The van der Waals surface area contributed by atoms with Crippen molar-refractivity contribution in [3.8, 4) is 11.1 Å². The van der Waals surface area contributed by atoms with Gasteiger partial charge in [-0.2, -0.15) is 5.10 Å². The summed E-state index contributed by atoms with van der Waals surface area (Å²) in [7, 11) is 0. The Hall–Kier alpha value is -3.51. The number of benzene rings is 3. The van der Waals surface area contributed by atoms with Gasteiger partial charge in [-0.15, -0.1) is 0 Å². The SMILES string of the molecule is O=C(NCCO)c1cccc(-c2cccc3nn(Cc4cccc(F)c4)cc23)c1. The third-order valence-electron chi connectivity index (χ3n) is 4.66. The number of aliphatic hydroxyl groups is 1. The standard InChI is InChI=1S/C23H20FN3O2/c24-19-7-1-4-16(12-19)14-27-15-21-20(8-3-9-22(21)26-27)17-5-2-6-18(13-17)23(29)25-10-11-28/h1-9,12-13,15,28H,10-11,14H2,(H,25,29). The van der Waals surface area contributed by atoms with Crippen LogP contribution in [0.2, 0.25) is 0 Å². The molecule has 0 spiro atoms. The van der Waals surface area contributed by atoms with Crippen molar-refractivity contribution < 1.29 is 14.3 Å². The Labute approximate surface area is 167 Å². The third-order valence-corrected chi connectivity index (χ3v) is 4.66. The number of carbonyl (C=O) groups excluding carboxylic acids is 1. The quantitative estimate of drug-likeness (QED) is 0.529. The number of amides is 1. The molecular formula is C23H20FN3O2. The first kappa shape index (κ1) is 18.8. The molecule has 0 unspecified atom stereocenters. The fourth-order valence-corrected chi connectivity index (χ4v) is 3.35. The Kier molecular flexibility index (Phi) is 5.35. The number of rotatable bonds is 6. The van der Waals surface area contributed by atoms with Gasteiger partial charge in [-0.1, -0.05) is 36.4 Å². The second kappa shape index (κ2) is 8.24. The monoisotopic (exact) mass is 389 g/mol. The summed E-state index contributed by atoms with van der Waals surface area (Å²) < 4.78 is 15.3. The molecule has 0 fully saturated rings. The fourth-order valence-electron chi connectivity index (χ4n) is 3.35. The Morgan fingerprint density at radius 3 is 2.72 bits per heavy atom. The van der Waals surface area contributed by atoms with Gasteiger partial charge in [0.05, 0.1) is 18.7 Å². The molecule has 29 heavy (non-hydrogen) atoms. The molecule has 6 heteroatoms. The van der Waals surface area contributed by atoms with Crippen LogP contribution in [0.25, 0.3) is 22.0 Å². The van der Waals surface area contributed by atoms with Gasteiger partial charge in [0.1, 0.15) is 5.82 Å². The van der Waals surface area contributed by atoms with E-state index in [4.69, 9.17) is 5.11 Å². The minimum Gasteiger partial charge on any atom is -0.395 e. The Morgan fingerprint density at radius 1 is 1.07 bits per heavy atom. The predicted molar refractivity (Wildman–Crippen MR) is 110 cm³/mol. The van der Waals surface area contributed by atoms with Gasteiger partial charge >= 0.3 is 0 Å². The van der Waals surface area contributed by atoms with Crippen LogP contribution in [-0.2, 0) is 6.54 Å². The van der Waals surface area contributed by atoms with Crippen LogP contribution in [0.4, 0.5) is 4.39 Å². The van der Waals surface area contributed by atoms with Crippen molar-refractivity contribution in [3.05, 3.63) is 89.9 Å². The summed E-state index contributed by atoms with van der Waals surface area (Å²) in [5.74, 6) is -0.494. The number of aliphatic hydroxyl groups excluding tert-OH is 1. The van der Waals surface area contributed by atoms with E-state index < -0.39 is 0 Å². The number of aromatic nitrogens is 2. The highest BCUT2D eigenvalue weighted by molar-refractivity contribution is 5.98. The normalized spacial score (nSPS) is 11.0. The van der Waals surface area contributed by atoms with Gasteiger partial charge in [0.2, 0.25) is 0 Å². The lowest BCUT2D eigenvalue weighted by atomic mass is 10.00. The maximum atomic E-state index is 13.5. The van der Waals surface area contributed by atoms with Gasteiger partial charge in [-0.3, -0.25) is 9.48 Å². The number of hydrogen-bond donors (Lipinski definition) is 2. The Bertz CT molecular complexity index is 1170. The molecule has 0 aliphatic heterocycles. The lowest BCUT2D eigenvalue weighted by molar-refractivity contribution is 0.0945. The summed E-state index contributed by atoms with van der Waals surface area (Å²) in [6.45, 7) is 0.580. The molecule has 5 nitrogen and oxygen atoms in total. The van der Waals surface area contributed by atoms with E-state index in [2.05, 4.69) is 10.4 Å². The summed E-state index contributed by atoms with van der Waals surface area (Å²) in [4.78, 5) is 12.2. The molecule has 0 atom stereocenters. The lowest BCUT2D eigenvalue weighted by Crippen LogP contribution is -2.26. The first-order valence-electron chi connectivity index (χ1n) is 9.34. The van der Waals surface area contributed by atoms with Crippen molar-refractivity contribution in [2.75, 3.05) is 13.2 Å². The molecule has 3 aromatic carbocycles. The zero-order valence-electron chi connectivity index (χ0n) is 15.7. The van der Waals surface area contributed by atoms with E-state index in [-0.39, 0.29) is 24.9 Å². The van der Waals surface area contributed by atoms with E-state index in [0.29, 0.717) is 12.1 Å². The zero-order chi connectivity index (χ0) is 20.2. The molecule has 1 aromatic heterocycles. The molecule has 4 aromatic rings. The van der Waals surface area contributed by atoms with Crippen LogP contribution in [0.1, 0.15) is 15.9 Å². The Morgan fingerprint density at radius 2 is 1.90 bits per heavy atom. The number of fused-ring (bicyclic) bond motifs is 1. The van der Waals surface area contributed by atoms with E-state index in [1.165, 1.54) is 12.1 Å². The van der Waals surface area contributed by atoms with Crippen LogP contribution in [0, 0.1) is 5.82 Å². The Balaban J connectivity index is 1.68. The van der Waals surface area contributed by atoms with Crippen LogP contribution < -0.4 is 5.32 Å². The molecular weight excluding hydrogens is 369 g/mol. The smallest absolute Gasteiger partial charge is 0.251 e. The van der Waals surface area contributed by atoms with Crippen molar-refractivity contribution >= 4 is 16.8 Å². The number of nitrogens with zero attached hydrogens (tertiary/aromatic N) is 2. The number of carbonyl (C=O) groups is 1. The summed E-state index contributed by atoms with van der Waals surface area (Å²) in [5, 5.41) is 17.1. The molecule has 1 amide bonds. The maximum absolute atomic E-state index is 13.5. The molecule has 0 saturated heterocycles. The van der Waals surface area contributed by atoms with Gasteiger partial charge < -0.3 is 10.4 Å². The summed E-state index contributed by atoms with van der Waals surface area (Å²) in [6.07, 6.45) is 1.94. The minimum atomic E-state index is -0.267. The van der Waals surface area contributed by atoms with Crippen LogP contribution in [-0.4, -0.2) is 33.9 Å². The van der Waals surface area contributed by atoms with Gasteiger partial charge in [-0.05, 0) is 47.0 Å². The molecule has 2 N–H and O–H groups in total. The van der Waals surface area contributed by atoms with Gasteiger partial charge in [0.25, 0.3) is 5.91 Å². The average Bonchev–Trinajstić information content (AvgIpc) is 3.14. The lowest BCUT2D eigenvalue weighted by Gasteiger charge is -2.07. The summed E-state index contributed by atoms with van der Waals surface area (Å²) in [6, 6.07) is 19.7. The molecule has 146 valence electrons. The van der Waals surface area contributed by atoms with E-state index in [0.717, 1.165) is 27.6 Å². The van der Waals surface area contributed by atoms with Gasteiger partial charge in [-0.25, -0.2) is 4.39 Å². The van der Waals surface area contributed by atoms with E-state index in [1.807, 2.05) is 48.7 Å². The number of nitrogens with one attached hydrogen (secondary N) is 1. The van der Waals surface area contributed by atoms with Crippen LogP contribution in [0.15, 0.2) is 72.9 Å². The minimum absolute atomic E-state index is 0.102. The highest BCUT2D eigenvalue weighted by atomic mass is 19.1. The van der Waals surface area contributed by atoms with E-state index in [9.17, 15) is 9.18 Å². The van der Waals surface area contributed by atoms with Crippen molar-refractivity contribution in [2.45, 2.75) is 6.54 Å². The molecule has 4 rings (SSSR count). The van der Waals surface area contributed by atoms with Crippen molar-refractivity contribution in [3.63, 3.8) is 0 Å². The van der Waals surface area contributed by atoms with Crippen molar-refractivity contribution in [1.29, 1.82) is 0 Å². The first-order chi connectivity index (χ1) is 14.1. The second-order valence-corrected chi connectivity index (χ2v) is 6.76. The van der Waals surface area contributed by atoms with Crippen LogP contribution >= 0.6 is 0 Å². The number of halogens is 1. The number of hydrogen-bond acceptors (Lipinski definition) is 3. The van der Waals surface area contributed by atoms with E-state index in [1.54, 1.807) is 16.8 Å². The average molecular weight is 389 g/mol. The summed E-state index contributed by atoms with van der Waals surface area (Å²) >= 11 is 0. The summed E-state index contributed by atoms with van der Waals surface area (Å²) in [5.41, 5.74) is 4.05. The third kappa shape index (κ3) is 4.17. The van der Waals surface area contributed by atoms with Gasteiger partial charge in [0.15, 0.2) is 0 Å². The first-order valence-corrected chi connectivity index (χ1v) is 9.34. The largest absolute Gasteiger partial charge is 0.395 e. The van der Waals surface area contributed by atoms with Crippen LogP contribution in [0.5, 0.6) is 0 Å². The molecule has 0 aliphatic carbocycles. The van der Waals surface area contributed by atoms with E-state index >= 15 is 0 Å². The maximum Gasteiger partial charge on any atom is 0.251 e. The second-order valence-electron chi connectivity index (χ2n) is 6.76. The molecule has 0 aliphatic rings. The molecule has 0 bridgehead atoms. The molecule has 1 heterocycles. The highest BCUT2D eigenvalue weighted by Crippen LogP contribution is 2.29. The topological polar surface area (TPSA) is 67.2 Å².